The van der Waals surface area contributed by atoms with E-state index in [0.717, 1.165) is 56.8 Å². The highest BCUT2D eigenvalue weighted by Gasteiger charge is 2.19. The maximum atomic E-state index is 9.59. The molecule has 0 spiro atoms. The Morgan fingerprint density at radius 1 is 1.09 bits per heavy atom. The van der Waals surface area contributed by atoms with Gasteiger partial charge in [-0.3, -0.25) is 0 Å². The summed E-state index contributed by atoms with van der Waals surface area (Å²) in [7, 11) is 0. The molecule has 0 aromatic heterocycles. The van der Waals surface area contributed by atoms with E-state index in [-0.39, 0.29) is 11.9 Å². The molecule has 4 rings (SSSR count). The van der Waals surface area contributed by atoms with Gasteiger partial charge in [0.05, 0.1) is 6.61 Å². The number of aryl methyl sites for hydroxylation is 2. The van der Waals surface area contributed by atoms with Crippen LogP contribution in [0, 0.1) is 0 Å². The summed E-state index contributed by atoms with van der Waals surface area (Å²) < 4.78 is 11.9. The van der Waals surface area contributed by atoms with Crippen molar-refractivity contribution in [3.8, 4) is 17.2 Å². The third kappa shape index (κ3) is 7.57. The number of rotatable bonds is 7. The van der Waals surface area contributed by atoms with Crippen LogP contribution in [0.15, 0.2) is 36.4 Å². The van der Waals surface area contributed by atoms with Crippen molar-refractivity contribution in [3.63, 3.8) is 0 Å². The van der Waals surface area contributed by atoms with Crippen LogP contribution >= 0.6 is 0 Å². The van der Waals surface area contributed by atoms with E-state index in [1.807, 2.05) is 6.07 Å². The lowest BCUT2D eigenvalue weighted by Crippen LogP contribution is -2.34. The zero-order valence-electron chi connectivity index (χ0n) is 18.4. The van der Waals surface area contributed by atoms with Gasteiger partial charge in [0.15, 0.2) is 0 Å². The largest absolute Gasteiger partial charge is 0.508 e. The van der Waals surface area contributed by atoms with Gasteiger partial charge < -0.3 is 35.4 Å². The van der Waals surface area contributed by atoms with Gasteiger partial charge >= 0.3 is 11.9 Å². The van der Waals surface area contributed by atoms with Crippen molar-refractivity contribution in [3.05, 3.63) is 47.5 Å². The molecular formula is C24H30N2O7. The molecule has 0 radical (unpaired) electrons. The Kier molecular flexibility index (Phi) is 8.77. The zero-order chi connectivity index (χ0) is 23.6. The van der Waals surface area contributed by atoms with Crippen molar-refractivity contribution in [1.82, 2.24) is 5.32 Å². The summed E-state index contributed by atoms with van der Waals surface area (Å²) in [6.45, 7) is 3.47. The SMILES string of the molecule is O=C(O)C(=O)O.Oc1ccc2c(c1)OC(CNCCCOc1ccc3c(c1)NCCC3)CC2. The number of phenols is 1. The molecule has 9 heteroatoms. The molecule has 2 aromatic carbocycles. The summed E-state index contributed by atoms with van der Waals surface area (Å²) in [6.07, 6.45) is 5.47. The molecule has 2 aliphatic rings. The lowest BCUT2D eigenvalue weighted by atomic mass is 10.0. The first kappa shape index (κ1) is 24.2. The minimum Gasteiger partial charge on any atom is -0.508 e. The third-order valence-corrected chi connectivity index (χ3v) is 5.42. The van der Waals surface area contributed by atoms with Crippen LogP contribution in [-0.4, -0.2) is 59.6 Å². The van der Waals surface area contributed by atoms with Gasteiger partial charge in [-0.05, 0) is 61.9 Å². The number of carboxylic acids is 2. The fraction of sp³-hybridized carbons (Fsp3) is 0.417. The monoisotopic (exact) mass is 458 g/mol. The molecule has 1 atom stereocenters. The van der Waals surface area contributed by atoms with Crippen LogP contribution in [-0.2, 0) is 22.4 Å². The Morgan fingerprint density at radius 3 is 2.67 bits per heavy atom. The van der Waals surface area contributed by atoms with Crippen LogP contribution in [0.25, 0.3) is 0 Å². The highest BCUT2D eigenvalue weighted by Crippen LogP contribution is 2.30. The molecule has 0 aliphatic carbocycles. The average Bonchev–Trinajstić information content (AvgIpc) is 2.81. The Labute approximate surface area is 192 Å². The second-order valence-corrected chi connectivity index (χ2v) is 7.94. The van der Waals surface area contributed by atoms with Gasteiger partial charge in [-0.1, -0.05) is 12.1 Å². The first-order chi connectivity index (χ1) is 15.9. The van der Waals surface area contributed by atoms with E-state index in [2.05, 4.69) is 28.8 Å². The second kappa shape index (κ2) is 12.0. The summed E-state index contributed by atoms with van der Waals surface area (Å²) in [6, 6.07) is 11.7. The van der Waals surface area contributed by atoms with E-state index in [1.54, 1.807) is 12.1 Å². The molecule has 2 aliphatic heterocycles. The number of fused-ring (bicyclic) bond motifs is 2. The summed E-state index contributed by atoms with van der Waals surface area (Å²) in [5, 5.41) is 31.3. The minimum atomic E-state index is -1.82. The summed E-state index contributed by atoms with van der Waals surface area (Å²) >= 11 is 0. The molecule has 0 amide bonds. The van der Waals surface area contributed by atoms with Crippen molar-refractivity contribution in [1.29, 1.82) is 0 Å². The number of nitrogens with one attached hydrogen (secondary N) is 2. The fourth-order valence-electron chi connectivity index (χ4n) is 3.74. The van der Waals surface area contributed by atoms with Gasteiger partial charge in [0, 0.05) is 30.9 Å². The molecule has 0 saturated heterocycles. The molecule has 1 unspecified atom stereocenters. The predicted octanol–water partition coefficient (Wildman–Crippen LogP) is 2.66. The summed E-state index contributed by atoms with van der Waals surface area (Å²) in [5.74, 6) is -1.63. The number of carboxylic acid groups (broad SMARTS) is 2. The number of carbonyl (C=O) groups is 2. The first-order valence-electron chi connectivity index (χ1n) is 11.1. The molecule has 33 heavy (non-hydrogen) atoms. The standard InChI is InChI=1S/C22H28N2O3.C2H2O4/c25-18-7-4-17-6-9-20(27-22(17)13-18)15-23-10-2-12-26-19-8-5-16-3-1-11-24-21(16)14-19;3-1(4)2(5)6/h4-5,7-8,13-14,20,23-25H,1-3,6,9-12,15H2;(H,3,4)(H,5,6). The van der Waals surface area contributed by atoms with Crippen molar-refractivity contribution in [2.24, 2.45) is 0 Å². The molecule has 5 N–H and O–H groups in total. The van der Waals surface area contributed by atoms with Gasteiger partial charge in [0.1, 0.15) is 23.4 Å². The number of ether oxygens (including phenoxy) is 2. The average molecular weight is 459 g/mol. The molecule has 178 valence electrons. The van der Waals surface area contributed by atoms with Crippen molar-refractivity contribution >= 4 is 17.6 Å². The Bertz CT molecular complexity index is 952. The Hall–Kier alpha value is -3.46. The van der Waals surface area contributed by atoms with Crippen molar-refractivity contribution in [2.45, 2.75) is 38.2 Å². The molecule has 0 saturated carbocycles. The van der Waals surface area contributed by atoms with Gasteiger partial charge in [0.2, 0.25) is 0 Å². The highest BCUT2D eigenvalue weighted by molar-refractivity contribution is 6.27. The second-order valence-electron chi connectivity index (χ2n) is 7.94. The number of aromatic hydroxyl groups is 1. The first-order valence-corrected chi connectivity index (χ1v) is 11.1. The van der Waals surface area contributed by atoms with Crippen molar-refractivity contribution < 1.29 is 34.4 Å². The number of phenolic OH excluding ortho intramolecular Hbond substituents is 1. The lowest BCUT2D eigenvalue weighted by molar-refractivity contribution is -0.159. The van der Waals surface area contributed by atoms with Crippen molar-refractivity contribution in [2.75, 3.05) is 31.6 Å². The summed E-state index contributed by atoms with van der Waals surface area (Å²) in [4.78, 5) is 18.2. The lowest BCUT2D eigenvalue weighted by Gasteiger charge is -2.26. The van der Waals surface area contributed by atoms with E-state index >= 15 is 0 Å². The Balaban J connectivity index is 0.000000454. The topological polar surface area (TPSA) is 137 Å². The quantitative estimate of drug-likeness (QED) is 0.313. The minimum absolute atomic E-state index is 0.159. The van der Waals surface area contributed by atoms with Crippen LogP contribution in [0.3, 0.4) is 0 Å². The fourth-order valence-corrected chi connectivity index (χ4v) is 3.74. The maximum Gasteiger partial charge on any atom is 0.414 e. The van der Waals surface area contributed by atoms with Crippen LogP contribution in [0.1, 0.15) is 30.4 Å². The van der Waals surface area contributed by atoms with E-state index < -0.39 is 11.9 Å². The smallest absolute Gasteiger partial charge is 0.414 e. The molecule has 2 aromatic rings. The number of anilines is 1. The predicted molar refractivity (Wildman–Crippen MR) is 122 cm³/mol. The molecule has 2 heterocycles. The van der Waals surface area contributed by atoms with Gasteiger partial charge in [-0.25, -0.2) is 9.59 Å². The normalized spacial score (nSPS) is 16.1. The molecule has 9 nitrogen and oxygen atoms in total. The van der Waals surface area contributed by atoms with Gasteiger partial charge in [-0.2, -0.15) is 0 Å². The maximum absolute atomic E-state index is 9.59. The number of benzene rings is 2. The van der Waals surface area contributed by atoms with Gasteiger partial charge in [0.25, 0.3) is 0 Å². The number of aliphatic carboxylic acids is 2. The third-order valence-electron chi connectivity index (χ3n) is 5.42. The number of hydrogen-bond donors (Lipinski definition) is 5. The molecule has 0 bridgehead atoms. The van der Waals surface area contributed by atoms with Gasteiger partial charge in [-0.15, -0.1) is 0 Å². The van der Waals surface area contributed by atoms with E-state index in [0.29, 0.717) is 6.61 Å². The zero-order valence-corrected chi connectivity index (χ0v) is 18.4. The van der Waals surface area contributed by atoms with E-state index in [4.69, 9.17) is 29.3 Å². The molecule has 0 fully saturated rings. The van der Waals surface area contributed by atoms with Crippen LogP contribution in [0.4, 0.5) is 5.69 Å². The Morgan fingerprint density at radius 2 is 1.88 bits per heavy atom. The molecular weight excluding hydrogens is 428 g/mol. The summed E-state index contributed by atoms with van der Waals surface area (Å²) in [5.41, 5.74) is 3.78. The highest BCUT2D eigenvalue weighted by atomic mass is 16.5. The van der Waals surface area contributed by atoms with Crippen LogP contribution in [0.5, 0.6) is 17.2 Å². The van der Waals surface area contributed by atoms with Crippen LogP contribution < -0.4 is 20.1 Å². The number of hydrogen-bond acceptors (Lipinski definition) is 7. The van der Waals surface area contributed by atoms with E-state index in [9.17, 15) is 5.11 Å². The van der Waals surface area contributed by atoms with E-state index in [1.165, 1.54) is 23.2 Å². The van der Waals surface area contributed by atoms with Crippen LogP contribution in [0.2, 0.25) is 0 Å².